The molecule has 1 nitrogen and oxygen atoms in total. The molecule has 0 spiro atoms. The molecule has 0 radical (unpaired) electrons. The average Bonchev–Trinajstić information content (AvgIpc) is 2.39. The molecule has 0 amide bonds. The van der Waals surface area contributed by atoms with E-state index in [2.05, 4.69) is 48.6 Å². The molecule has 0 saturated heterocycles. The van der Waals surface area contributed by atoms with E-state index in [-0.39, 0.29) is 0 Å². The van der Waals surface area contributed by atoms with Gasteiger partial charge in [0.1, 0.15) is 0 Å². The summed E-state index contributed by atoms with van der Waals surface area (Å²) >= 11 is 6.07. The van der Waals surface area contributed by atoms with Gasteiger partial charge in [-0.3, -0.25) is 0 Å². The van der Waals surface area contributed by atoms with Gasteiger partial charge in [0, 0.05) is 17.5 Å². The van der Waals surface area contributed by atoms with E-state index in [9.17, 15) is 0 Å². The number of hydrogen-bond acceptors (Lipinski definition) is 1. The first-order valence-electron chi connectivity index (χ1n) is 6.65. The Bertz CT molecular complexity index is 536. The quantitative estimate of drug-likeness (QED) is 0.861. The summed E-state index contributed by atoms with van der Waals surface area (Å²) in [5.74, 6) is 0.477. The van der Waals surface area contributed by atoms with Crippen LogP contribution in [0, 0.1) is 6.92 Å². The van der Waals surface area contributed by atoms with E-state index in [4.69, 9.17) is 11.6 Å². The van der Waals surface area contributed by atoms with Gasteiger partial charge in [0.15, 0.2) is 0 Å². The maximum atomic E-state index is 6.07. The van der Waals surface area contributed by atoms with Crippen LogP contribution in [0.2, 0.25) is 5.02 Å². The highest BCUT2D eigenvalue weighted by Gasteiger charge is 2.13. The summed E-state index contributed by atoms with van der Waals surface area (Å²) in [6, 6.07) is 16.8. The predicted molar refractivity (Wildman–Crippen MR) is 83.0 cm³/mol. The van der Waals surface area contributed by atoms with Gasteiger partial charge in [-0.1, -0.05) is 48.0 Å². The van der Waals surface area contributed by atoms with Gasteiger partial charge in [-0.25, -0.2) is 0 Å². The number of likely N-dealkylation sites (N-methyl/N-ethyl adjacent to an activating group) is 1. The van der Waals surface area contributed by atoms with Crippen molar-refractivity contribution in [3.8, 4) is 0 Å². The van der Waals surface area contributed by atoms with E-state index >= 15 is 0 Å². The lowest BCUT2D eigenvalue weighted by molar-refractivity contribution is 0.623. The summed E-state index contributed by atoms with van der Waals surface area (Å²) < 4.78 is 0. The molecule has 0 bridgehead atoms. The van der Waals surface area contributed by atoms with E-state index in [0.29, 0.717) is 5.92 Å². The van der Waals surface area contributed by atoms with Crippen molar-refractivity contribution in [2.45, 2.75) is 19.3 Å². The second-order valence-corrected chi connectivity index (χ2v) is 5.38. The van der Waals surface area contributed by atoms with Crippen LogP contribution in [0.4, 0.5) is 0 Å². The summed E-state index contributed by atoms with van der Waals surface area (Å²) in [6.07, 6.45) is 1.01. The molecule has 0 aliphatic rings. The minimum atomic E-state index is 0.477. The molecule has 0 saturated carbocycles. The molecule has 0 aliphatic heterocycles. The Morgan fingerprint density at radius 2 is 1.89 bits per heavy atom. The molecule has 2 aromatic rings. The molecule has 2 rings (SSSR count). The highest BCUT2D eigenvalue weighted by molar-refractivity contribution is 6.30. The first-order valence-corrected chi connectivity index (χ1v) is 7.03. The van der Waals surface area contributed by atoms with Crippen molar-refractivity contribution in [3.63, 3.8) is 0 Å². The maximum absolute atomic E-state index is 6.07. The Labute approximate surface area is 120 Å². The van der Waals surface area contributed by atoms with Crippen LogP contribution >= 0.6 is 11.6 Å². The van der Waals surface area contributed by atoms with Gasteiger partial charge < -0.3 is 5.32 Å². The Kier molecular flexibility index (Phi) is 5.00. The van der Waals surface area contributed by atoms with Crippen molar-refractivity contribution in [3.05, 3.63) is 70.2 Å². The van der Waals surface area contributed by atoms with E-state index < -0.39 is 0 Å². The summed E-state index contributed by atoms with van der Waals surface area (Å²) in [5, 5.41) is 4.11. The topological polar surface area (TPSA) is 12.0 Å². The van der Waals surface area contributed by atoms with Gasteiger partial charge in [0.05, 0.1) is 0 Å². The van der Waals surface area contributed by atoms with Crippen LogP contribution in [0.15, 0.2) is 48.5 Å². The first-order chi connectivity index (χ1) is 9.20. The van der Waals surface area contributed by atoms with Gasteiger partial charge in [-0.15, -0.1) is 0 Å². The van der Waals surface area contributed by atoms with Crippen molar-refractivity contribution < 1.29 is 0 Å². The SMILES string of the molecule is CNCC(Cc1cccc(Cl)c1)c1ccccc1C. The molecule has 0 fully saturated rings. The fourth-order valence-electron chi connectivity index (χ4n) is 2.53. The van der Waals surface area contributed by atoms with E-state index in [1.54, 1.807) is 0 Å². The molecular formula is C17H20ClN. The zero-order valence-electron chi connectivity index (χ0n) is 11.5. The first kappa shape index (κ1) is 14.1. The van der Waals surface area contributed by atoms with E-state index in [1.807, 2.05) is 19.2 Å². The van der Waals surface area contributed by atoms with Crippen LogP contribution in [0.1, 0.15) is 22.6 Å². The van der Waals surface area contributed by atoms with Crippen molar-refractivity contribution in [1.82, 2.24) is 5.32 Å². The summed E-state index contributed by atoms with van der Waals surface area (Å²) in [4.78, 5) is 0. The van der Waals surface area contributed by atoms with Crippen molar-refractivity contribution in [2.75, 3.05) is 13.6 Å². The van der Waals surface area contributed by atoms with Crippen molar-refractivity contribution in [2.24, 2.45) is 0 Å². The van der Waals surface area contributed by atoms with Crippen molar-refractivity contribution >= 4 is 11.6 Å². The van der Waals surface area contributed by atoms with Crippen molar-refractivity contribution in [1.29, 1.82) is 0 Å². The smallest absolute Gasteiger partial charge is 0.0408 e. The van der Waals surface area contributed by atoms with E-state index in [0.717, 1.165) is 18.0 Å². The Hall–Kier alpha value is -1.31. The third-order valence-corrected chi connectivity index (χ3v) is 3.69. The second kappa shape index (κ2) is 6.74. The Morgan fingerprint density at radius 3 is 2.58 bits per heavy atom. The average molecular weight is 274 g/mol. The summed E-state index contributed by atoms with van der Waals surface area (Å²) in [5.41, 5.74) is 4.05. The molecule has 0 aliphatic carbocycles. The molecular weight excluding hydrogens is 254 g/mol. The normalized spacial score (nSPS) is 12.4. The lowest BCUT2D eigenvalue weighted by atomic mass is 9.89. The molecule has 2 aromatic carbocycles. The van der Waals surface area contributed by atoms with E-state index in [1.165, 1.54) is 16.7 Å². The molecule has 100 valence electrons. The summed E-state index contributed by atoms with van der Waals surface area (Å²) in [6.45, 7) is 3.15. The fourth-order valence-corrected chi connectivity index (χ4v) is 2.74. The van der Waals surface area contributed by atoms with Crippen LogP contribution in [0.5, 0.6) is 0 Å². The zero-order chi connectivity index (χ0) is 13.7. The monoisotopic (exact) mass is 273 g/mol. The van der Waals surface area contributed by atoms with Gasteiger partial charge >= 0.3 is 0 Å². The molecule has 1 atom stereocenters. The number of aryl methyl sites for hydroxylation is 1. The number of benzene rings is 2. The molecule has 0 heterocycles. The summed E-state index contributed by atoms with van der Waals surface area (Å²) in [7, 11) is 2.00. The number of halogens is 1. The molecule has 1 N–H and O–H groups in total. The fraction of sp³-hybridized carbons (Fsp3) is 0.294. The molecule has 0 aromatic heterocycles. The van der Waals surface area contributed by atoms with Gasteiger partial charge in [-0.2, -0.15) is 0 Å². The molecule has 1 unspecified atom stereocenters. The highest BCUT2D eigenvalue weighted by atomic mass is 35.5. The van der Waals surface area contributed by atoms with Gasteiger partial charge in [0.25, 0.3) is 0 Å². The number of rotatable bonds is 5. The predicted octanol–water partition coefficient (Wildman–Crippen LogP) is 4.19. The van der Waals surface area contributed by atoms with Crippen LogP contribution < -0.4 is 5.32 Å². The molecule has 2 heteroatoms. The third-order valence-electron chi connectivity index (χ3n) is 3.45. The van der Waals surface area contributed by atoms with Crippen LogP contribution in [0.25, 0.3) is 0 Å². The van der Waals surface area contributed by atoms with Crippen LogP contribution in [0.3, 0.4) is 0 Å². The largest absolute Gasteiger partial charge is 0.319 e. The Morgan fingerprint density at radius 1 is 1.11 bits per heavy atom. The Balaban J connectivity index is 2.24. The van der Waals surface area contributed by atoms with Crippen LogP contribution in [-0.4, -0.2) is 13.6 Å². The molecule has 19 heavy (non-hydrogen) atoms. The minimum absolute atomic E-state index is 0.477. The number of hydrogen-bond donors (Lipinski definition) is 1. The highest BCUT2D eigenvalue weighted by Crippen LogP contribution is 2.24. The standard InChI is InChI=1S/C17H20ClN/c1-13-6-3-4-9-17(13)15(12-19-2)10-14-7-5-8-16(18)11-14/h3-9,11,15,19H,10,12H2,1-2H3. The number of nitrogens with one attached hydrogen (secondary N) is 1. The second-order valence-electron chi connectivity index (χ2n) is 4.95. The zero-order valence-corrected chi connectivity index (χ0v) is 12.2. The van der Waals surface area contributed by atoms with Gasteiger partial charge in [0.2, 0.25) is 0 Å². The minimum Gasteiger partial charge on any atom is -0.319 e. The van der Waals surface area contributed by atoms with Crippen LogP contribution in [-0.2, 0) is 6.42 Å². The third kappa shape index (κ3) is 3.82. The maximum Gasteiger partial charge on any atom is 0.0408 e. The van der Waals surface area contributed by atoms with Gasteiger partial charge in [-0.05, 0) is 49.2 Å². The lowest BCUT2D eigenvalue weighted by Gasteiger charge is -2.19. The lowest BCUT2D eigenvalue weighted by Crippen LogP contribution is -2.20.